The SMILES string of the molecule is O=C(COC(=O)c1ccc2c(c1)CCCC2)Nc1cc(C(F)(F)F)ccc1Cl. The van der Waals surface area contributed by atoms with Gasteiger partial charge in [-0.25, -0.2) is 4.79 Å². The molecule has 0 aromatic heterocycles. The van der Waals surface area contributed by atoms with Gasteiger partial charge in [-0.3, -0.25) is 4.79 Å². The van der Waals surface area contributed by atoms with Gasteiger partial charge in [0.1, 0.15) is 0 Å². The summed E-state index contributed by atoms with van der Waals surface area (Å²) in [5, 5.41) is 2.18. The van der Waals surface area contributed by atoms with Crippen molar-refractivity contribution >= 4 is 29.2 Å². The number of aryl methyl sites for hydroxylation is 2. The number of anilines is 1. The van der Waals surface area contributed by atoms with Crippen molar-refractivity contribution in [2.24, 2.45) is 0 Å². The standard InChI is InChI=1S/C20H17ClF3NO3/c21-16-8-7-15(20(22,23)24)10-17(16)25-18(26)11-28-19(27)14-6-5-12-3-1-2-4-13(12)9-14/h5-10H,1-4,11H2,(H,25,26). The minimum absolute atomic E-state index is 0.0534. The Bertz CT molecular complexity index is 912. The molecule has 1 N–H and O–H groups in total. The molecule has 2 aromatic rings. The number of esters is 1. The molecule has 8 heteroatoms. The van der Waals surface area contributed by atoms with Crippen LogP contribution in [0.5, 0.6) is 0 Å². The normalized spacial score (nSPS) is 13.6. The van der Waals surface area contributed by atoms with Crippen molar-refractivity contribution in [3.8, 4) is 0 Å². The highest BCUT2D eigenvalue weighted by molar-refractivity contribution is 6.33. The van der Waals surface area contributed by atoms with E-state index in [2.05, 4.69) is 5.32 Å². The quantitative estimate of drug-likeness (QED) is 0.718. The van der Waals surface area contributed by atoms with Crippen molar-refractivity contribution < 1.29 is 27.5 Å². The fraction of sp³-hybridized carbons (Fsp3) is 0.300. The van der Waals surface area contributed by atoms with Crippen LogP contribution in [0.1, 0.15) is 39.9 Å². The molecule has 0 saturated carbocycles. The van der Waals surface area contributed by atoms with Gasteiger partial charge in [-0.2, -0.15) is 13.2 Å². The second-order valence-corrected chi connectivity index (χ2v) is 6.91. The zero-order chi connectivity index (χ0) is 20.3. The number of hydrogen-bond donors (Lipinski definition) is 1. The van der Waals surface area contributed by atoms with Crippen LogP contribution in [-0.2, 0) is 28.5 Å². The minimum atomic E-state index is -4.57. The van der Waals surface area contributed by atoms with Gasteiger partial charge < -0.3 is 10.1 Å². The van der Waals surface area contributed by atoms with Gasteiger partial charge >= 0.3 is 12.1 Å². The molecule has 28 heavy (non-hydrogen) atoms. The summed E-state index contributed by atoms with van der Waals surface area (Å²) in [6.07, 6.45) is -0.514. The molecule has 1 amide bonds. The largest absolute Gasteiger partial charge is 0.452 e. The van der Waals surface area contributed by atoms with E-state index in [1.165, 1.54) is 5.56 Å². The van der Waals surface area contributed by atoms with E-state index in [0.29, 0.717) is 5.56 Å². The van der Waals surface area contributed by atoms with Gasteiger partial charge in [-0.15, -0.1) is 0 Å². The monoisotopic (exact) mass is 411 g/mol. The van der Waals surface area contributed by atoms with E-state index in [0.717, 1.165) is 49.4 Å². The number of amides is 1. The van der Waals surface area contributed by atoms with Crippen LogP contribution in [0.4, 0.5) is 18.9 Å². The summed E-state index contributed by atoms with van der Waals surface area (Å²) in [6, 6.07) is 7.87. The van der Waals surface area contributed by atoms with Crippen LogP contribution in [0.25, 0.3) is 0 Å². The number of hydrogen-bond acceptors (Lipinski definition) is 3. The Morgan fingerprint density at radius 3 is 2.46 bits per heavy atom. The Morgan fingerprint density at radius 2 is 1.75 bits per heavy atom. The first-order valence-corrected chi connectivity index (χ1v) is 9.07. The molecule has 0 bridgehead atoms. The van der Waals surface area contributed by atoms with E-state index in [9.17, 15) is 22.8 Å². The van der Waals surface area contributed by atoms with Crippen molar-refractivity contribution in [1.82, 2.24) is 0 Å². The molecule has 0 unspecified atom stereocenters. The van der Waals surface area contributed by atoms with Crippen LogP contribution in [-0.4, -0.2) is 18.5 Å². The van der Waals surface area contributed by atoms with Crippen LogP contribution >= 0.6 is 11.6 Å². The smallest absolute Gasteiger partial charge is 0.416 e. The van der Waals surface area contributed by atoms with Crippen molar-refractivity contribution in [1.29, 1.82) is 0 Å². The number of alkyl halides is 3. The van der Waals surface area contributed by atoms with Crippen LogP contribution < -0.4 is 5.32 Å². The van der Waals surface area contributed by atoms with Crippen molar-refractivity contribution in [2.45, 2.75) is 31.9 Å². The molecule has 4 nitrogen and oxygen atoms in total. The average Bonchev–Trinajstić information content (AvgIpc) is 2.66. The highest BCUT2D eigenvalue weighted by Gasteiger charge is 2.31. The Kier molecular flexibility index (Phi) is 5.93. The first kappa shape index (κ1) is 20.2. The maximum Gasteiger partial charge on any atom is 0.416 e. The van der Waals surface area contributed by atoms with E-state index in [1.54, 1.807) is 12.1 Å². The third-order valence-corrected chi connectivity index (χ3v) is 4.82. The summed E-state index contributed by atoms with van der Waals surface area (Å²) in [5.41, 5.74) is 1.50. The van der Waals surface area contributed by atoms with E-state index in [-0.39, 0.29) is 10.7 Å². The highest BCUT2D eigenvalue weighted by atomic mass is 35.5. The number of halogens is 4. The Labute approximate surface area is 164 Å². The first-order chi connectivity index (χ1) is 13.2. The summed E-state index contributed by atoms with van der Waals surface area (Å²) < 4.78 is 43.3. The third-order valence-electron chi connectivity index (χ3n) is 4.49. The van der Waals surface area contributed by atoms with Gasteiger partial charge in [-0.1, -0.05) is 17.7 Å². The molecular formula is C20H17ClF3NO3. The van der Waals surface area contributed by atoms with E-state index < -0.39 is 30.2 Å². The lowest BCUT2D eigenvalue weighted by atomic mass is 9.90. The van der Waals surface area contributed by atoms with Crippen molar-refractivity contribution in [3.63, 3.8) is 0 Å². The average molecular weight is 412 g/mol. The fourth-order valence-corrected chi connectivity index (χ4v) is 3.22. The van der Waals surface area contributed by atoms with Gasteiger partial charge in [0, 0.05) is 0 Å². The maximum absolute atomic E-state index is 12.8. The molecule has 0 aliphatic heterocycles. The molecule has 1 aliphatic carbocycles. The number of nitrogens with one attached hydrogen (secondary N) is 1. The number of ether oxygens (including phenoxy) is 1. The van der Waals surface area contributed by atoms with E-state index in [4.69, 9.17) is 16.3 Å². The maximum atomic E-state index is 12.8. The summed E-state index contributed by atoms with van der Waals surface area (Å²) in [6.45, 7) is -0.636. The molecule has 0 atom stereocenters. The molecule has 0 fully saturated rings. The molecule has 0 saturated heterocycles. The van der Waals surface area contributed by atoms with Crippen LogP contribution in [0.2, 0.25) is 5.02 Å². The Morgan fingerprint density at radius 1 is 1.04 bits per heavy atom. The van der Waals surface area contributed by atoms with Crippen molar-refractivity contribution in [3.05, 3.63) is 63.7 Å². The number of benzene rings is 2. The Balaban J connectivity index is 1.61. The number of fused-ring (bicyclic) bond motifs is 1. The summed E-state index contributed by atoms with van der Waals surface area (Å²) in [4.78, 5) is 24.1. The topological polar surface area (TPSA) is 55.4 Å². The zero-order valence-electron chi connectivity index (χ0n) is 14.7. The van der Waals surface area contributed by atoms with E-state index in [1.807, 2.05) is 6.07 Å². The number of carbonyl (C=O) groups excluding carboxylic acids is 2. The minimum Gasteiger partial charge on any atom is -0.452 e. The molecule has 0 radical (unpaired) electrons. The molecule has 1 aliphatic rings. The van der Waals surface area contributed by atoms with Gasteiger partial charge in [0.25, 0.3) is 5.91 Å². The third kappa shape index (κ3) is 4.84. The second kappa shape index (κ2) is 8.22. The van der Waals surface area contributed by atoms with Crippen LogP contribution in [0.15, 0.2) is 36.4 Å². The van der Waals surface area contributed by atoms with Gasteiger partial charge in [0.05, 0.1) is 21.8 Å². The molecule has 2 aromatic carbocycles. The predicted molar refractivity (Wildman–Crippen MR) is 98.5 cm³/mol. The van der Waals surface area contributed by atoms with Gasteiger partial charge in [0.15, 0.2) is 6.61 Å². The summed E-state index contributed by atoms with van der Waals surface area (Å²) in [7, 11) is 0. The van der Waals surface area contributed by atoms with E-state index >= 15 is 0 Å². The summed E-state index contributed by atoms with van der Waals surface area (Å²) in [5.74, 6) is -1.45. The highest BCUT2D eigenvalue weighted by Crippen LogP contribution is 2.33. The second-order valence-electron chi connectivity index (χ2n) is 6.51. The molecule has 148 valence electrons. The predicted octanol–water partition coefficient (Wildman–Crippen LogP) is 5.03. The lowest BCUT2D eigenvalue weighted by Crippen LogP contribution is -2.21. The lowest BCUT2D eigenvalue weighted by molar-refractivity contribution is -0.137. The lowest BCUT2D eigenvalue weighted by Gasteiger charge is -2.16. The van der Waals surface area contributed by atoms with Gasteiger partial charge in [0.2, 0.25) is 0 Å². The van der Waals surface area contributed by atoms with Gasteiger partial charge in [-0.05, 0) is 67.1 Å². The Hall–Kier alpha value is -2.54. The van der Waals surface area contributed by atoms with Crippen LogP contribution in [0, 0.1) is 0 Å². The van der Waals surface area contributed by atoms with Crippen molar-refractivity contribution in [2.75, 3.05) is 11.9 Å². The molecule has 0 spiro atoms. The fourth-order valence-electron chi connectivity index (χ4n) is 3.06. The molecule has 3 rings (SSSR count). The van der Waals surface area contributed by atoms with Crippen LogP contribution in [0.3, 0.4) is 0 Å². The first-order valence-electron chi connectivity index (χ1n) is 8.69. The molecular weight excluding hydrogens is 395 g/mol. The molecule has 0 heterocycles. The summed E-state index contributed by atoms with van der Waals surface area (Å²) >= 11 is 5.83. The zero-order valence-corrected chi connectivity index (χ0v) is 15.5. The number of rotatable bonds is 4. The number of carbonyl (C=O) groups is 2.